The topological polar surface area (TPSA) is 175 Å². The summed E-state index contributed by atoms with van der Waals surface area (Å²) in [7, 11) is 0. The van der Waals surface area contributed by atoms with Crippen LogP contribution in [0.15, 0.2) is 182 Å². The quantitative estimate of drug-likeness (QED) is 0.0228. The molecule has 0 saturated carbocycles. The third-order valence-corrected chi connectivity index (χ3v) is 11.5. The van der Waals surface area contributed by atoms with Gasteiger partial charge in [0.05, 0.1) is 13.0 Å². The Kier molecular flexibility index (Phi) is 47.1. The molecule has 1 heterocycles. The number of rotatable bonds is 45. The highest BCUT2D eigenvalue weighted by Gasteiger charge is 2.50. The van der Waals surface area contributed by atoms with E-state index in [0.717, 1.165) is 89.9 Å². The zero-order chi connectivity index (χ0) is 57.5. The molecule has 1 aliphatic heterocycles. The molecule has 6 unspecified atom stereocenters. The van der Waals surface area contributed by atoms with E-state index in [0.29, 0.717) is 32.1 Å². The minimum absolute atomic E-state index is 0.0459. The molecule has 12 nitrogen and oxygen atoms in total. The van der Waals surface area contributed by atoms with Crippen LogP contribution in [0.4, 0.5) is 0 Å². The molecule has 0 radical (unpaired) electrons. The molecule has 436 valence electrons. The fourth-order valence-electron chi connectivity index (χ4n) is 7.22. The largest absolute Gasteiger partial charge is 0.479 e. The summed E-state index contributed by atoms with van der Waals surface area (Å²) in [6, 6.07) is 0. The number of hydrogen-bond donors (Lipinski definition) is 3. The van der Waals surface area contributed by atoms with Crippen LogP contribution in [0.2, 0.25) is 0 Å². The summed E-state index contributed by atoms with van der Waals surface area (Å²) in [5, 5.41) is 31.5. The fourth-order valence-corrected chi connectivity index (χ4v) is 7.22. The van der Waals surface area contributed by atoms with Crippen LogP contribution in [0, 0.1) is 0 Å². The van der Waals surface area contributed by atoms with E-state index in [-0.39, 0.29) is 19.3 Å². The molecule has 3 N–H and O–H groups in total. The van der Waals surface area contributed by atoms with Gasteiger partial charge in [0.1, 0.15) is 18.8 Å². The van der Waals surface area contributed by atoms with Gasteiger partial charge in [0.2, 0.25) is 0 Å². The Bertz CT molecular complexity index is 2070. The summed E-state index contributed by atoms with van der Waals surface area (Å²) in [4.78, 5) is 51.0. The Morgan fingerprint density at radius 2 is 0.772 bits per heavy atom. The van der Waals surface area contributed by atoms with E-state index in [9.17, 15) is 34.5 Å². The number of carbonyl (C=O) groups excluding carboxylic acids is 3. The molecule has 1 fully saturated rings. The van der Waals surface area contributed by atoms with Crippen molar-refractivity contribution in [3.05, 3.63) is 182 Å². The number of aliphatic carboxylic acids is 1. The number of unbranched alkanes of at least 4 members (excludes halogenated alkanes) is 2. The van der Waals surface area contributed by atoms with E-state index in [1.165, 1.54) is 0 Å². The van der Waals surface area contributed by atoms with Crippen LogP contribution in [-0.4, -0.2) is 89.2 Å². The number of hydrogen-bond acceptors (Lipinski definition) is 11. The van der Waals surface area contributed by atoms with Crippen LogP contribution < -0.4 is 0 Å². The fraction of sp³-hybridized carbons (Fsp3) is 0.493. The van der Waals surface area contributed by atoms with Gasteiger partial charge in [-0.1, -0.05) is 203 Å². The average Bonchev–Trinajstić information content (AvgIpc) is 3.47. The molecule has 0 aromatic heterocycles. The number of aliphatic hydroxyl groups excluding tert-OH is 2. The number of carboxylic acid groups (broad SMARTS) is 1. The first-order valence-electron chi connectivity index (χ1n) is 28.8. The third-order valence-electron chi connectivity index (χ3n) is 11.5. The van der Waals surface area contributed by atoms with Gasteiger partial charge in [0, 0.05) is 12.8 Å². The van der Waals surface area contributed by atoms with E-state index in [1.807, 2.05) is 42.5 Å². The van der Waals surface area contributed by atoms with Crippen molar-refractivity contribution in [3.8, 4) is 0 Å². The normalized spacial score (nSPS) is 19.2. The maximum Gasteiger partial charge on any atom is 0.335 e. The zero-order valence-electron chi connectivity index (χ0n) is 47.8. The summed E-state index contributed by atoms with van der Waals surface area (Å²) in [6.07, 6.45) is 67.6. The summed E-state index contributed by atoms with van der Waals surface area (Å²) in [5.41, 5.74) is 0. The highest BCUT2D eigenvalue weighted by molar-refractivity contribution is 5.74. The molecule has 0 aliphatic carbocycles. The first-order valence-corrected chi connectivity index (χ1v) is 28.8. The van der Waals surface area contributed by atoms with Crippen molar-refractivity contribution in [2.24, 2.45) is 0 Å². The average molecular weight is 1090 g/mol. The Labute approximate surface area is 474 Å². The molecule has 0 amide bonds. The van der Waals surface area contributed by atoms with Crippen molar-refractivity contribution in [2.45, 2.75) is 199 Å². The lowest BCUT2D eigenvalue weighted by Gasteiger charge is -2.40. The molecular formula is C67H96O12. The Morgan fingerprint density at radius 1 is 0.430 bits per heavy atom. The van der Waals surface area contributed by atoms with Gasteiger partial charge in [-0.15, -0.1) is 0 Å². The molecule has 0 spiro atoms. The van der Waals surface area contributed by atoms with E-state index in [4.69, 9.17) is 23.7 Å². The van der Waals surface area contributed by atoms with E-state index in [1.54, 1.807) is 6.08 Å². The van der Waals surface area contributed by atoms with Crippen LogP contribution in [0.25, 0.3) is 0 Å². The van der Waals surface area contributed by atoms with Gasteiger partial charge in [-0.05, 0) is 122 Å². The van der Waals surface area contributed by atoms with Gasteiger partial charge in [-0.2, -0.15) is 0 Å². The highest BCUT2D eigenvalue weighted by Crippen LogP contribution is 2.26. The van der Waals surface area contributed by atoms with Crippen molar-refractivity contribution < 1.29 is 58.2 Å². The van der Waals surface area contributed by atoms with E-state index < -0.39 is 73.9 Å². The molecule has 12 heteroatoms. The van der Waals surface area contributed by atoms with Crippen molar-refractivity contribution in [3.63, 3.8) is 0 Å². The second kappa shape index (κ2) is 52.5. The van der Waals surface area contributed by atoms with Gasteiger partial charge in [0.15, 0.2) is 24.6 Å². The molecule has 0 bridgehead atoms. The maximum absolute atomic E-state index is 13.1. The van der Waals surface area contributed by atoms with Crippen molar-refractivity contribution in [1.29, 1.82) is 0 Å². The van der Waals surface area contributed by atoms with Crippen LogP contribution in [0.5, 0.6) is 0 Å². The smallest absolute Gasteiger partial charge is 0.335 e. The van der Waals surface area contributed by atoms with Crippen LogP contribution in [0.3, 0.4) is 0 Å². The van der Waals surface area contributed by atoms with Crippen LogP contribution in [-0.2, 0) is 42.9 Å². The lowest BCUT2D eigenvalue weighted by molar-refractivity contribution is -0.301. The summed E-state index contributed by atoms with van der Waals surface area (Å²) < 4.78 is 28.1. The van der Waals surface area contributed by atoms with Crippen LogP contribution in [0.1, 0.15) is 162 Å². The Hall–Kier alpha value is -6.18. The molecule has 0 aromatic carbocycles. The first kappa shape index (κ1) is 70.8. The summed E-state index contributed by atoms with van der Waals surface area (Å²) in [5.74, 6) is -3.49. The van der Waals surface area contributed by atoms with Gasteiger partial charge < -0.3 is 39.0 Å². The standard InChI is InChI=1S/C67H96O12/c1-4-7-10-13-16-19-22-25-28-30-33-35-38-41-44-47-50-53-59(68)75-56-58(77-60(69)54-51-48-45-42-39-36-32-27-24-21-18-15-12-9-6-3)57-76-67-65(63(72)62(71)64(79-67)66(73)74)78-61(70)55-52-49-46-43-40-37-34-31-29-26-23-20-17-14-11-8-5-2/h7-12,16-21,25-29,32-35,37,39,41-44,46,48,51,58,62-65,67,71-72H,4-6,13-15,22-24,30-31,36,38,40,45,47,49-50,52-57H2,1-3H3,(H,73,74)/b10-7-,11-8-,12-9-,19-16-,20-17-,21-18-,28-25-,29-26-,32-27-,35-33-,37-34-,42-39-,44-41-,46-43-,51-48-. The number of carboxylic acids is 1. The van der Waals surface area contributed by atoms with E-state index >= 15 is 0 Å². The number of aliphatic hydroxyl groups is 2. The third kappa shape index (κ3) is 42.4. The monoisotopic (exact) mass is 1090 g/mol. The maximum atomic E-state index is 13.1. The zero-order valence-corrected chi connectivity index (χ0v) is 47.8. The minimum Gasteiger partial charge on any atom is -0.479 e. The van der Waals surface area contributed by atoms with E-state index in [2.05, 4.69) is 154 Å². The second-order valence-electron chi connectivity index (χ2n) is 18.4. The predicted molar refractivity (Wildman–Crippen MR) is 321 cm³/mol. The number of carbonyl (C=O) groups is 4. The number of allylic oxidation sites excluding steroid dienone is 29. The van der Waals surface area contributed by atoms with Crippen molar-refractivity contribution >= 4 is 23.9 Å². The first-order chi connectivity index (χ1) is 38.6. The van der Waals surface area contributed by atoms with Gasteiger partial charge in [0.25, 0.3) is 0 Å². The predicted octanol–water partition coefficient (Wildman–Crippen LogP) is 14.9. The van der Waals surface area contributed by atoms with Crippen molar-refractivity contribution in [1.82, 2.24) is 0 Å². The lowest BCUT2D eigenvalue weighted by Crippen LogP contribution is -2.61. The Morgan fingerprint density at radius 3 is 1.14 bits per heavy atom. The minimum atomic E-state index is -1.95. The molecule has 6 atom stereocenters. The van der Waals surface area contributed by atoms with Crippen LogP contribution >= 0.6 is 0 Å². The Balaban J connectivity index is 2.84. The summed E-state index contributed by atoms with van der Waals surface area (Å²) in [6.45, 7) is 5.45. The summed E-state index contributed by atoms with van der Waals surface area (Å²) >= 11 is 0. The highest BCUT2D eigenvalue weighted by atomic mass is 16.7. The molecule has 1 aliphatic rings. The second-order valence-corrected chi connectivity index (χ2v) is 18.4. The molecular weight excluding hydrogens is 997 g/mol. The molecule has 79 heavy (non-hydrogen) atoms. The van der Waals surface area contributed by atoms with Gasteiger partial charge in [-0.3, -0.25) is 14.4 Å². The van der Waals surface area contributed by atoms with Gasteiger partial charge >= 0.3 is 23.9 Å². The molecule has 0 aromatic rings. The van der Waals surface area contributed by atoms with Gasteiger partial charge in [-0.25, -0.2) is 4.79 Å². The number of ether oxygens (including phenoxy) is 5. The SMILES string of the molecule is CC/C=C\C/C=C\C/C=C\C/C=C\C/C=C\CCCC(=O)OCC(COC1OC(C(=O)O)C(O)C(O)C1OC(=O)CCC/C=C\C/C=C\C/C=C\C/C=C\C/C=C\CC)OC(=O)C/C=C\C/C=C\C/C=C\C/C=C\C/C=C\CC. The molecule has 1 rings (SSSR count). The molecule has 1 saturated heterocycles. The van der Waals surface area contributed by atoms with Crippen molar-refractivity contribution in [2.75, 3.05) is 13.2 Å². The number of esters is 3. The lowest BCUT2D eigenvalue weighted by atomic mass is 9.98.